The lowest BCUT2D eigenvalue weighted by Gasteiger charge is -2.47. The fourth-order valence-corrected chi connectivity index (χ4v) is 3.50. The van der Waals surface area contributed by atoms with E-state index in [-0.39, 0.29) is 11.4 Å². The summed E-state index contributed by atoms with van der Waals surface area (Å²) in [6.45, 7) is 8.22. The maximum Gasteiger partial charge on any atom is 0.220 e. The zero-order chi connectivity index (χ0) is 15.2. The number of hydrogen-bond donors (Lipinski definition) is 0. The van der Waals surface area contributed by atoms with Gasteiger partial charge in [0.2, 0.25) is 5.91 Å². The van der Waals surface area contributed by atoms with E-state index in [1.807, 2.05) is 33.8 Å². The van der Waals surface area contributed by atoms with Gasteiger partial charge in [-0.05, 0) is 32.0 Å². The van der Waals surface area contributed by atoms with Crippen LogP contribution in [0.2, 0.25) is 5.02 Å². The highest BCUT2D eigenvalue weighted by molar-refractivity contribution is 6.30. The molecule has 1 saturated heterocycles. The monoisotopic (exact) mass is 305 g/mol. The molecular formula is C16H20ClN3O. The Kier molecular flexibility index (Phi) is 3.36. The van der Waals surface area contributed by atoms with Crippen LogP contribution in [0.3, 0.4) is 0 Å². The van der Waals surface area contributed by atoms with Crippen LogP contribution in [0, 0.1) is 0 Å². The lowest BCUT2D eigenvalue weighted by Crippen LogP contribution is -2.60. The second-order valence-corrected chi connectivity index (χ2v) is 6.69. The molecule has 0 aliphatic carbocycles. The van der Waals surface area contributed by atoms with E-state index in [1.165, 1.54) is 0 Å². The molecule has 0 aromatic carbocycles. The molecule has 5 heteroatoms. The number of piperazine rings is 1. The van der Waals surface area contributed by atoms with Crippen molar-refractivity contribution in [2.75, 3.05) is 24.5 Å². The summed E-state index contributed by atoms with van der Waals surface area (Å²) in [5.41, 5.74) is 2.09. The zero-order valence-electron chi connectivity index (χ0n) is 12.6. The number of hydrogen-bond acceptors (Lipinski definition) is 2. The van der Waals surface area contributed by atoms with Crippen molar-refractivity contribution in [3.05, 3.63) is 35.6 Å². The Morgan fingerprint density at radius 1 is 1.33 bits per heavy atom. The molecule has 1 aliphatic rings. The summed E-state index contributed by atoms with van der Waals surface area (Å²) in [6, 6.07) is 6.12. The summed E-state index contributed by atoms with van der Waals surface area (Å²) in [5.74, 6) is 0.138. The molecule has 21 heavy (non-hydrogen) atoms. The number of amides is 1. The Hall–Kier alpha value is -1.68. The fraction of sp³-hybridized carbons (Fsp3) is 0.438. The van der Waals surface area contributed by atoms with E-state index >= 15 is 0 Å². The molecule has 4 nitrogen and oxygen atoms in total. The van der Waals surface area contributed by atoms with Gasteiger partial charge in [0.05, 0.1) is 21.8 Å². The SMILES string of the molecule is CC(=O)N1CCN(c2cc(Cl)cn3cccc23)CC1(C)C. The quantitative estimate of drug-likeness (QED) is 0.810. The van der Waals surface area contributed by atoms with Crippen molar-refractivity contribution in [3.63, 3.8) is 0 Å². The third kappa shape index (κ3) is 2.48. The molecule has 2 aromatic heterocycles. The van der Waals surface area contributed by atoms with Gasteiger partial charge >= 0.3 is 0 Å². The van der Waals surface area contributed by atoms with E-state index < -0.39 is 0 Å². The number of halogens is 1. The van der Waals surface area contributed by atoms with E-state index in [4.69, 9.17) is 11.6 Å². The molecular weight excluding hydrogens is 286 g/mol. The van der Waals surface area contributed by atoms with Crippen LogP contribution in [0.5, 0.6) is 0 Å². The topological polar surface area (TPSA) is 28.0 Å². The average molecular weight is 306 g/mol. The van der Waals surface area contributed by atoms with Crippen molar-refractivity contribution < 1.29 is 4.79 Å². The van der Waals surface area contributed by atoms with Crippen LogP contribution < -0.4 is 4.90 Å². The predicted molar refractivity (Wildman–Crippen MR) is 86.1 cm³/mol. The number of carbonyl (C=O) groups is 1. The average Bonchev–Trinajstić information content (AvgIpc) is 2.83. The van der Waals surface area contributed by atoms with E-state index in [0.29, 0.717) is 0 Å². The molecule has 0 spiro atoms. The molecule has 3 rings (SSSR count). The first-order chi connectivity index (χ1) is 9.88. The van der Waals surface area contributed by atoms with Crippen molar-refractivity contribution in [2.24, 2.45) is 0 Å². The van der Waals surface area contributed by atoms with Crippen LogP contribution >= 0.6 is 11.6 Å². The van der Waals surface area contributed by atoms with Gasteiger partial charge in [0, 0.05) is 39.0 Å². The maximum atomic E-state index is 11.8. The summed E-state index contributed by atoms with van der Waals surface area (Å²) >= 11 is 6.24. The van der Waals surface area contributed by atoms with Crippen LogP contribution in [0.25, 0.3) is 5.52 Å². The summed E-state index contributed by atoms with van der Waals surface area (Å²) in [7, 11) is 0. The van der Waals surface area contributed by atoms with Crippen molar-refractivity contribution >= 4 is 28.7 Å². The maximum absolute atomic E-state index is 11.8. The van der Waals surface area contributed by atoms with Crippen molar-refractivity contribution in [1.82, 2.24) is 9.30 Å². The molecule has 0 N–H and O–H groups in total. The Labute approximate surface area is 129 Å². The van der Waals surface area contributed by atoms with Gasteiger partial charge in [-0.15, -0.1) is 0 Å². The lowest BCUT2D eigenvalue weighted by molar-refractivity contribution is -0.134. The van der Waals surface area contributed by atoms with Gasteiger partial charge in [0.25, 0.3) is 0 Å². The molecule has 1 amide bonds. The normalized spacial score (nSPS) is 18.3. The number of carbonyl (C=O) groups excluding carboxylic acids is 1. The Bertz CT molecular complexity index is 692. The molecule has 1 aliphatic heterocycles. The van der Waals surface area contributed by atoms with E-state index in [2.05, 4.69) is 24.8 Å². The first-order valence-corrected chi connectivity index (χ1v) is 7.56. The van der Waals surface area contributed by atoms with Crippen molar-refractivity contribution in [3.8, 4) is 0 Å². The highest BCUT2D eigenvalue weighted by Crippen LogP contribution is 2.31. The summed E-state index contributed by atoms with van der Waals surface area (Å²) in [6.07, 6.45) is 3.92. The smallest absolute Gasteiger partial charge is 0.220 e. The number of rotatable bonds is 1. The second kappa shape index (κ2) is 4.95. The summed E-state index contributed by atoms with van der Waals surface area (Å²) in [5, 5.41) is 0.723. The fourth-order valence-electron chi connectivity index (χ4n) is 3.30. The van der Waals surface area contributed by atoms with Gasteiger partial charge in [-0.2, -0.15) is 0 Å². The minimum absolute atomic E-state index is 0.138. The third-order valence-electron chi connectivity index (χ3n) is 4.20. The molecule has 0 saturated carbocycles. The molecule has 0 bridgehead atoms. The molecule has 0 unspecified atom stereocenters. The van der Waals surface area contributed by atoms with Gasteiger partial charge in [0.1, 0.15) is 0 Å². The van der Waals surface area contributed by atoms with Crippen LogP contribution in [-0.2, 0) is 4.79 Å². The summed E-state index contributed by atoms with van der Waals surface area (Å²) in [4.78, 5) is 16.0. The Morgan fingerprint density at radius 2 is 2.10 bits per heavy atom. The van der Waals surface area contributed by atoms with Crippen LogP contribution in [0.1, 0.15) is 20.8 Å². The van der Waals surface area contributed by atoms with Crippen LogP contribution in [0.4, 0.5) is 5.69 Å². The van der Waals surface area contributed by atoms with E-state index in [0.717, 1.165) is 35.9 Å². The van der Waals surface area contributed by atoms with Gasteiger partial charge in [-0.1, -0.05) is 11.6 Å². The number of aromatic nitrogens is 1. The molecule has 3 heterocycles. The highest BCUT2D eigenvalue weighted by Gasteiger charge is 2.35. The minimum atomic E-state index is -0.185. The van der Waals surface area contributed by atoms with Gasteiger partial charge in [0.15, 0.2) is 0 Å². The zero-order valence-corrected chi connectivity index (χ0v) is 13.4. The first-order valence-electron chi connectivity index (χ1n) is 7.18. The van der Waals surface area contributed by atoms with Crippen molar-refractivity contribution in [2.45, 2.75) is 26.3 Å². The van der Waals surface area contributed by atoms with E-state index in [1.54, 1.807) is 6.92 Å². The van der Waals surface area contributed by atoms with Crippen molar-refractivity contribution in [1.29, 1.82) is 0 Å². The Morgan fingerprint density at radius 3 is 2.76 bits per heavy atom. The van der Waals surface area contributed by atoms with Gasteiger partial charge < -0.3 is 14.2 Å². The largest absolute Gasteiger partial charge is 0.366 e. The number of pyridine rings is 1. The Balaban J connectivity index is 1.97. The third-order valence-corrected chi connectivity index (χ3v) is 4.41. The second-order valence-electron chi connectivity index (χ2n) is 6.25. The standard InChI is InChI=1S/C16H20ClN3O/c1-12(21)20-8-7-19(11-16(20,2)3)15-9-13(17)10-18-6-4-5-14(15)18/h4-6,9-10H,7-8,11H2,1-3H3. The molecule has 112 valence electrons. The van der Waals surface area contributed by atoms with Gasteiger partial charge in [-0.3, -0.25) is 4.79 Å². The number of nitrogens with zero attached hydrogens (tertiary/aromatic N) is 3. The lowest BCUT2D eigenvalue weighted by atomic mass is 9.98. The molecule has 0 radical (unpaired) electrons. The molecule has 2 aromatic rings. The molecule has 0 atom stereocenters. The minimum Gasteiger partial charge on any atom is -0.366 e. The highest BCUT2D eigenvalue weighted by atomic mass is 35.5. The molecule has 1 fully saturated rings. The first kappa shape index (κ1) is 14.3. The summed E-state index contributed by atoms with van der Waals surface area (Å²) < 4.78 is 2.04. The van der Waals surface area contributed by atoms with Crippen LogP contribution in [-0.4, -0.2) is 40.4 Å². The number of anilines is 1. The van der Waals surface area contributed by atoms with Crippen LogP contribution in [0.15, 0.2) is 30.6 Å². The van der Waals surface area contributed by atoms with Gasteiger partial charge in [-0.25, -0.2) is 0 Å². The van der Waals surface area contributed by atoms with E-state index in [9.17, 15) is 4.79 Å². The number of fused-ring (bicyclic) bond motifs is 1. The predicted octanol–water partition coefficient (Wildman–Crippen LogP) is 3.04.